The molecular weight excluding hydrogens is 470 g/mol. The maximum absolute atomic E-state index is 13.8. The quantitative estimate of drug-likeness (QED) is 0.508. The summed E-state index contributed by atoms with van der Waals surface area (Å²) in [6, 6.07) is 11.5. The van der Waals surface area contributed by atoms with E-state index in [1.165, 1.54) is 4.90 Å². The number of aliphatic hydroxyl groups excluding tert-OH is 1. The zero-order chi connectivity index (χ0) is 25.4. The van der Waals surface area contributed by atoms with Gasteiger partial charge in [0.05, 0.1) is 13.7 Å². The lowest BCUT2D eigenvalue weighted by atomic mass is 9.94. The van der Waals surface area contributed by atoms with Crippen molar-refractivity contribution >= 4 is 35.2 Å². The number of nitrogens with zero attached hydrogens (tertiary/aromatic N) is 1. The van der Waals surface area contributed by atoms with Crippen molar-refractivity contribution in [2.75, 3.05) is 18.6 Å². The highest BCUT2D eigenvalue weighted by atomic mass is 35.5. The number of aryl methyl sites for hydroxylation is 1. The number of aliphatic hydroxyl groups is 1. The Hall–Kier alpha value is -3.10. The maximum atomic E-state index is 13.8. The first kappa shape index (κ1) is 26.5. The predicted octanol–water partition coefficient (Wildman–Crippen LogP) is 3.89. The predicted molar refractivity (Wildman–Crippen MR) is 134 cm³/mol. The number of halogens is 1. The van der Waals surface area contributed by atoms with E-state index >= 15 is 0 Å². The number of amides is 3. The van der Waals surface area contributed by atoms with Crippen molar-refractivity contribution in [3.8, 4) is 0 Å². The lowest BCUT2D eigenvalue weighted by Gasteiger charge is -2.35. The molecule has 1 aliphatic carbocycles. The maximum Gasteiger partial charge on any atom is 0.407 e. The summed E-state index contributed by atoms with van der Waals surface area (Å²) in [4.78, 5) is 40.8. The zero-order valence-corrected chi connectivity index (χ0v) is 20.8. The van der Waals surface area contributed by atoms with Crippen LogP contribution in [-0.4, -0.2) is 48.8 Å². The molecule has 3 N–H and O–H groups in total. The van der Waals surface area contributed by atoms with Gasteiger partial charge in [-0.3, -0.25) is 14.5 Å². The minimum Gasteiger partial charge on any atom is -0.453 e. The van der Waals surface area contributed by atoms with Crippen LogP contribution in [0.2, 0.25) is 5.02 Å². The molecule has 1 saturated carbocycles. The normalized spacial score (nSPS) is 15.5. The van der Waals surface area contributed by atoms with Crippen LogP contribution in [0.3, 0.4) is 0 Å². The second-order valence-corrected chi connectivity index (χ2v) is 9.09. The molecule has 2 unspecified atom stereocenters. The van der Waals surface area contributed by atoms with Crippen LogP contribution in [0.25, 0.3) is 0 Å². The summed E-state index contributed by atoms with van der Waals surface area (Å²) in [6.07, 6.45) is 4.04. The van der Waals surface area contributed by atoms with Gasteiger partial charge in [-0.2, -0.15) is 0 Å². The minimum atomic E-state index is -1.34. The summed E-state index contributed by atoms with van der Waals surface area (Å²) in [6.45, 7) is 1.19. The molecule has 9 heteroatoms. The fourth-order valence-corrected chi connectivity index (χ4v) is 4.60. The van der Waals surface area contributed by atoms with Crippen LogP contribution >= 0.6 is 11.6 Å². The molecule has 1 aliphatic rings. The van der Waals surface area contributed by atoms with Gasteiger partial charge in [-0.1, -0.05) is 61.2 Å². The molecule has 0 saturated heterocycles. The van der Waals surface area contributed by atoms with Gasteiger partial charge >= 0.3 is 6.09 Å². The summed E-state index contributed by atoms with van der Waals surface area (Å²) >= 11 is 6.54. The van der Waals surface area contributed by atoms with E-state index in [1.807, 2.05) is 13.0 Å². The summed E-state index contributed by atoms with van der Waals surface area (Å²) < 4.78 is 4.62. The van der Waals surface area contributed by atoms with E-state index in [2.05, 4.69) is 15.4 Å². The monoisotopic (exact) mass is 501 g/mol. The van der Waals surface area contributed by atoms with Gasteiger partial charge in [-0.15, -0.1) is 0 Å². The van der Waals surface area contributed by atoms with Gasteiger partial charge in [0.1, 0.15) is 12.1 Å². The number of methoxy groups -OCH3 is 1. The number of anilines is 1. The Labute approximate surface area is 210 Å². The van der Waals surface area contributed by atoms with Crippen molar-refractivity contribution in [3.63, 3.8) is 0 Å². The number of benzene rings is 2. The Morgan fingerprint density at radius 2 is 1.83 bits per heavy atom. The Morgan fingerprint density at radius 3 is 2.46 bits per heavy atom. The van der Waals surface area contributed by atoms with E-state index in [4.69, 9.17) is 11.6 Å². The fraction of sp³-hybridized carbons (Fsp3) is 0.423. The number of ether oxygens (including phenoxy) is 1. The van der Waals surface area contributed by atoms with Gasteiger partial charge in [0.15, 0.2) is 0 Å². The first-order valence-corrected chi connectivity index (χ1v) is 12.1. The van der Waals surface area contributed by atoms with Crippen LogP contribution in [0.5, 0.6) is 0 Å². The van der Waals surface area contributed by atoms with E-state index in [1.54, 1.807) is 42.5 Å². The summed E-state index contributed by atoms with van der Waals surface area (Å²) in [5.41, 5.74) is 1.74. The average molecular weight is 502 g/mol. The SMILES string of the molecule is COC(=O)NC(CO)C(=O)N(c1cccc(C)c1)C(C(=O)NC1CCCCC1)c1ccccc1Cl. The van der Waals surface area contributed by atoms with Gasteiger partial charge in [0.25, 0.3) is 5.91 Å². The highest BCUT2D eigenvalue weighted by Crippen LogP contribution is 2.33. The number of nitrogens with one attached hydrogen (secondary N) is 2. The van der Waals surface area contributed by atoms with Crippen LogP contribution in [0.1, 0.15) is 49.3 Å². The van der Waals surface area contributed by atoms with Gasteiger partial charge in [0, 0.05) is 22.3 Å². The number of carbonyl (C=O) groups is 3. The number of carbonyl (C=O) groups excluding carboxylic acids is 3. The molecule has 0 spiro atoms. The standard InChI is InChI=1S/C26H32ClN3O5/c1-17-9-8-12-19(15-17)30(25(33)22(16-31)29-26(34)35-2)23(20-13-6-7-14-21(20)27)24(32)28-18-10-4-3-5-11-18/h6-9,12-15,18,22-23,31H,3-5,10-11,16H2,1-2H3,(H,28,32)(H,29,34). The van der Waals surface area contributed by atoms with E-state index < -0.39 is 30.7 Å². The second-order valence-electron chi connectivity index (χ2n) is 8.69. The Morgan fingerprint density at radius 1 is 1.11 bits per heavy atom. The van der Waals surface area contributed by atoms with Crippen LogP contribution in [0.15, 0.2) is 48.5 Å². The topological polar surface area (TPSA) is 108 Å². The number of rotatable bonds is 8. The van der Waals surface area contributed by atoms with Crippen molar-refractivity contribution in [1.29, 1.82) is 0 Å². The highest BCUT2D eigenvalue weighted by molar-refractivity contribution is 6.31. The third kappa shape index (κ3) is 6.74. The Kier molecular flexibility index (Phi) is 9.51. The molecule has 8 nitrogen and oxygen atoms in total. The molecule has 0 heterocycles. The molecule has 1 fully saturated rings. The van der Waals surface area contributed by atoms with Crippen LogP contribution in [0, 0.1) is 6.92 Å². The van der Waals surface area contributed by atoms with Crippen LogP contribution < -0.4 is 15.5 Å². The van der Waals surface area contributed by atoms with Crippen molar-refractivity contribution in [3.05, 3.63) is 64.7 Å². The van der Waals surface area contributed by atoms with Crippen molar-refractivity contribution in [1.82, 2.24) is 10.6 Å². The van der Waals surface area contributed by atoms with Gasteiger partial charge in [-0.25, -0.2) is 4.79 Å². The van der Waals surface area contributed by atoms with E-state index in [0.29, 0.717) is 16.3 Å². The molecule has 188 valence electrons. The van der Waals surface area contributed by atoms with Gasteiger partial charge in [-0.05, 0) is 43.5 Å². The molecule has 2 aromatic rings. The molecule has 0 radical (unpaired) electrons. The summed E-state index contributed by atoms with van der Waals surface area (Å²) in [5, 5.41) is 15.7. The first-order valence-electron chi connectivity index (χ1n) is 11.8. The number of hydrogen-bond donors (Lipinski definition) is 3. The molecule has 0 bridgehead atoms. The largest absolute Gasteiger partial charge is 0.453 e. The van der Waals surface area contributed by atoms with Crippen molar-refractivity contribution in [2.24, 2.45) is 0 Å². The van der Waals surface area contributed by atoms with Crippen molar-refractivity contribution in [2.45, 2.75) is 57.2 Å². The minimum absolute atomic E-state index is 0.00229. The zero-order valence-electron chi connectivity index (χ0n) is 20.0. The lowest BCUT2D eigenvalue weighted by molar-refractivity contribution is -0.128. The molecule has 3 rings (SSSR count). The fourth-order valence-electron chi connectivity index (χ4n) is 4.36. The van der Waals surface area contributed by atoms with Gasteiger partial charge < -0.3 is 20.5 Å². The number of hydrogen-bond acceptors (Lipinski definition) is 5. The summed E-state index contributed by atoms with van der Waals surface area (Å²) in [5.74, 6) is -1.05. The van der Waals surface area contributed by atoms with Crippen LogP contribution in [0.4, 0.5) is 10.5 Å². The third-order valence-electron chi connectivity index (χ3n) is 6.13. The third-order valence-corrected chi connectivity index (χ3v) is 6.48. The van der Waals surface area contributed by atoms with E-state index in [0.717, 1.165) is 44.8 Å². The number of alkyl carbamates (subject to hydrolysis) is 1. The smallest absolute Gasteiger partial charge is 0.407 e. The van der Waals surface area contributed by atoms with Crippen molar-refractivity contribution < 1.29 is 24.2 Å². The molecule has 2 atom stereocenters. The van der Waals surface area contributed by atoms with E-state index in [-0.39, 0.29) is 11.9 Å². The van der Waals surface area contributed by atoms with E-state index in [9.17, 15) is 19.5 Å². The molecule has 2 aromatic carbocycles. The first-order chi connectivity index (χ1) is 16.8. The molecule has 35 heavy (non-hydrogen) atoms. The van der Waals surface area contributed by atoms with Gasteiger partial charge in [0.2, 0.25) is 5.91 Å². The molecule has 0 aromatic heterocycles. The Balaban J connectivity index is 2.11. The average Bonchev–Trinajstić information content (AvgIpc) is 2.86. The highest BCUT2D eigenvalue weighted by Gasteiger charge is 2.38. The summed E-state index contributed by atoms with van der Waals surface area (Å²) in [7, 11) is 1.16. The lowest BCUT2D eigenvalue weighted by Crippen LogP contribution is -2.55. The second kappa shape index (κ2) is 12.6. The van der Waals surface area contributed by atoms with Crippen LogP contribution in [-0.2, 0) is 14.3 Å². The molecule has 3 amide bonds. The molecule has 0 aliphatic heterocycles. The Bertz CT molecular complexity index is 1040. The molecular formula is C26H32ClN3O5.